The van der Waals surface area contributed by atoms with Crippen LogP contribution in [0.2, 0.25) is 0 Å². The molecule has 0 unspecified atom stereocenters. The molecule has 1 N–H and O–H groups in total. The minimum atomic E-state index is -0.246. The number of nitrogens with one attached hydrogen (secondary N) is 1. The van der Waals surface area contributed by atoms with Crippen molar-refractivity contribution in [2.75, 3.05) is 24.2 Å². The van der Waals surface area contributed by atoms with Gasteiger partial charge in [0.1, 0.15) is 16.5 Å². The van der Waals surface area contributed by atoms with Gasteiger partial charge in [-0.05, 0) is 25.0 Å². The van der Waals surface area contributed by atoms with Crippen LogP contribution in [0.3, 0.4) is 0 Å². The maximum atomic E-state index is 13.1. The second-order valence-corrected chi connectivity index (χ2v) is 9.29. The number of pyridine rings is 1. The molecule has 0 saturated carbocycles. The fourth-order valence-corrected chi connectivity index (χ4v) is 5.26. The van der Waals surface area contributed by atoms with E-state index in [0.717, 1.165) is 22.9 Å². The van der Waals surface area contributed by atoms with Gasteiger partial charge in [0, 0.05) is 49.5 Å². The first kappa shape index (κ1) is 22.2. The summed E-state index contributed by atoms with van der Waals surface area (Å²) in [5.74, 6) is 1.34. The predicted molar refractivity (Wildman–Crippen MR) is 126 cm³/mol. The van der Waals surface area contributed by atoms with E-state index in [1.54, 1.807) is 47.7 Å². The van der Waals surface area contributed by atoms with Gasteiger partial charge < -0.3 is 10.2 Å². The van der Waals surface area contributed by atoms with Crippen molar-refractivity contribution in [3.05, 3.63) is 64.9 Å². The summed E-state index contributed by atoms with van der Waals surface area (Å²) in [4.78, 5) is 36.4. The number of carbonyl (C=O) groups excluding carboxylic acids is 2. The third kappa shape index (κ3) is 4.91. The SMILES string of the molecule is C=CCSc1ncccc1C(=O)N1CCC(c2nc(C(=O)Nc3ccnn3C)cs2)CC1. The van der Waals surface area contributed by atoms with Gasteiger partial charge >= 0.3 is 0 Å². The Morgan fingerprint density at radius 3 is 2.84 bits per heavy atom. The number of carbonyl (C=O) groups is 2. The topological polar surface area (TPSA) is 93.0 Å². The first-order valence-corrected chi connectivity index (χ1v) is 12.2. The number of aromatic nitrogens is 4. The van der Waals surface area contributed by atoms with Crippen LogP contribution in [0.5, 0.6) is 0 Å². The van der Waals surface area contributed by atoms with Crippen molar-refractivity contribution in [2.45, 2.75) is 23.8 Å². The lowest BCUT2D eigenvalue weighted by Crippen LogP contribution is -2.38. The summed E-state index contributed by atoms with van der Waals surface area (Å²) >= 11 is 3.01. The summed E-state index contributed by atoms with van der Waals surface area (Å²) in [6.45, 7) is 5.04. The molecule has 1 saturated heterocycles. The zero-order chi connectivity index (χ0) is 22.5. The number of thioether (sulfide) groups is 1. The average Bonchev–Trinajstić information content (AvgIpc) is 3.47. The van der Waals surface area contributed by atoms with E-state index in [9.17, 15) is 9.59 Å². The van der Waals surface area contributed by atoms with E-state index < -0.39 is 0 Å². The molecular weight excluding hydrogens is 444 g/mol. The first-order valence-electron chi connectivity index (χ1n) is 10.3. The van der Waals surface area contributed by atoms with Crippen LogP contribution in [0.1, 0.15) is 44.6 Å². The number of hydrogen-bond acceptors (Lipinski definition) is 7. The molecule has 0 aromatic carbocycles. The summed E-state index contributed by atoms with van der Waals surface area (Å²) in [7, 11) is 1.77. The molecule has 1 fully saturated rings. The molecular formula is C22H24N6O2S2. The fourth-order valence-electron chi connectivity index (χ4n) is 3.56. The number of aryl methyl sites for hydroxylation is 1. The highest BCUT2D eigenvalue weighted by Crippen LogP contribution is 2.32. The van der Waals surface area contributed by atoms with Crippen molar-refractivity contribution in [3.8, 4) is 0 Å². The number of thiazole rings is 1. The summed E-state index contributed by atoms with van der Waals surface area (Å²) in [6, 6.07) is 5.37. The number of piperidine rings is 1. The second kappa shape index (κ2) is 10.1. The number of hydrogen-bond donors (Lipinski definition) is 1. The van der Waals surface area contributed by atoms with Gasteiger partial charge in [-0.25, -0.2) is 9.97 Å². The Morgan fingerprint density at radius 2 is 2.12 bits per heavy atom. The zero-order valence-electron chi connectivity index (χ0n) is 17.7. The zero-order valence-corrected chi connectivity index (χ0v) is 19.4. The van der Waals surface area contributed by atoms with Gasteiger partial charge in [-0.3, -0.25) is 14.3 Å². The van der Waals surface area contributed by atoms with Crippen molar-refractivity contribution in [1.82, 2.24) is 24.6 Å². The van der Waals surface area contributed by atoms with E-state index in [-0.39, 0.29) is 17.7 Å². The van der Waals surface area contributed by atoms with E-state index in [4.69, 9.17) is 0 Å². The molecule has 32 heavy (non-hydrogen) atoms. The molecule has 0 radical (unpaired) electrons. The molecule has 0 spiro atoms. The Bertz CT molecular complexity index is 1120. The molecule has 0 bridgehead atoms. The average molecular weight is 469 g/mol. The summed E-state index contributed by atoms with van der Waals surface area (Å²) in [6.07, 6.45) is 6.77. The van der Waals surface area contributed by atoms with Crippen molar-refractivity contribution in [1.29, 1.82) is 0 Å². The molecule has 0 aliphatic carbocycles. The van der Waals surface area contributed by atoms with Gasteiger partial charge in [0.05, 0.1) is 16.8 Å². The van der Waals surface area contributed by atoms with Gasteiger partial charge in [-0.1, -0.05) is 6.08 Å². The highest BCUT2D eigenvalue weighted by molar-refractivity contribution is 7.99. The van der Waals surface area contributed by atoms with Crippen LogP contribution in [0.4, 0.5) is 5.82 Å². The molecule has 1 aliphatic heterocycles. The highest BCUT2D eigenvalue weighted by Gasteiger charge is 2.28. The van der Waals surface area contributed by atoms with Crippen LogP contribution >= 0.6 is 23.1 Å². The quantitative estimate of drug-likeness (QED) is 0.419. The molecule has 10 heteroatoms. The lowest BCUT2D eigenvalue weighted by molar-refractivity contribution is 0.0708. The Balaban J connectivity index is 1.36. The van der Waals surface area contributed by atoms with E-state index in [2.05, 4.69) is 27.0 Å². The molecule has 2 amide bonds. The number of rotatable bonds is 7. The smallest absolute Gasteiger partial charge is 0.276 e. The van der Waals surface area contributed by atoms with Gasteiger partial charge in [-0.2, -0.15) is 5.10 Å². The molecule has 3 aromatic rings. The summed E-state index contributed by atoms with van der Waals surface area (Å²) in [5, 5.41) is 10.3. The van der Waals surface area contributed by atoms with Gasteiger partial charge in [0.15, 0.2) is 0 Å². The monoisotopic (exact) mass is 468 g/mol. The lowest BCUT2D eigenvalue weighted by Gasteiger charge is -2.31. The molecule has 0 atom stereocenters. The van der Waals surface area contributed by atoms with Crippen molar-refractivity contribution in [2.24, 2.45) is 7.05 Å². The van der Waals surface area contributed by atoms with Crippen LogP contribution < -0.4 is 5.32 Å². The Hall–Kier alpha value is -2.98. The molecule has 8 nitrogen and oxygen atoms in total. The minimum absolute atomic E-state index is 0.0125. The normalized spacial score (nSPS) is 14.3. The second-order valence-electron chi connectivity index (χ2n) is 7.39. The largest absolute Gasteiger partial charge is 0.339 e. The molecule has 3 aromatic heterocycles. The van der Waals surface area contributed by atoms with E-state index in [1.807, 2.05) is 11.0 Å². The number of likely N-dealkylation sites (tertiary alicyclic amines) is 1. The predicted octanol–water partition coefficient (Wildman–Crippen LogP) is 3.82. The summed E-state index contributed by atoms with van der Waals surface area (Å²) < 4.78 is 1.60. The third-order valence-corrected chi connectivity index (χ3v) is 7.30. The van der Waals surface area contributed by atoms with Crippen molar-refractivity contribution >= 4 is 40.7 Å². The van der Waals surface area contributed by atoms with Gasteiger partial charge in [-0.15, -0.1) is 29.7 Å². The van der Waals surface area contributed by atoms with E-state index in [0.29, 0.717) is 35.9 Å². The van der Waals surface area contributed by atoms with Crippen LogP contribution in [0.15, 0.2) is 53.7 Å². The molecule has 1 aliphatic rings. The standard InChI is InChI=1S/C22H24N6O2S2/c1-3-13-31-21-16(5-4-9-23-21)22(30)28-11-7-15(8-12-28)20-25-17(14-32-20)19(29)26-18-6-10-24-27(18)2/h3-6,9-10,14-15H,1,7-8,11-13H2,2H3,(H,26,29). The van der Waals surface area contributed by atoms with Gasteiger partial charge in [0.25, 0.3) is 11.8 Å². The lowest BCUT2D eigenvalue weighted by atomic mass is 9.97. The number of anilines is 1. The van der Waals surface area contributed by atoms with Crippen LogP contribution in [-0.2, 0) is 7.05 Å². The van der Waals surface area contributed by atoms with Crippen LogP contribution in [-0.4, -0.2) is 55.3 Å². The number of nitrogens with zero attached hydrogens (tertiary/aromatic N) is 5. The van der Waals surface area contributed by atoms with Gasteiger partial charge in [0.2, 0.25) is 0 Å². The maximum Gasteiger partial charge on any atom is 0.276 e. The first-order chi connectivity index (χ1) is 15.6. The summed E-state index contributed by atoms with van der Waals surface area (Å²) in [5.41, 5.74) is 1.05. The van der Waals surface area contributed by atoms with Crippen molar-refractivity contribution in [3.63, 3.8) is 0 Å². The fraction of sp³-hybridized carbons (Fsp3) is 0.318. The van der Waals surface area contributed by atoms with Crippen LogP contribution in [0.25, 0.3) is 0 Å². The Kier molecular flexibility index (Phi) is 7.01. The Morgan fingerprint density at radius 1 is 1.31 bits per heavy atom. The Labute approximate surface area is 194 Å². The van der Waals surface area contributed by atoms with Crippen molar-refractivity contribution < 1.29 is 9.59 Å². The number of amides is 2. The van der Waals surface area contributed by atoms with E-state index >= 15 is 0 Å². The molecule has 4 heterocycles. The highest BCUT2D eigenvalue weighted by atomic mass is 32.2. The van der Waals surface area contributed by atoms with E-state index in [1.165, 1.54) is 23.1 Å². The molecule has 4 rings (SSSR count). The molecule has 166 valence electrons. The minimum Gasteiger partial charge on any atom is -0.339 e. The maximum absolute atomic E-state index is 13.1. The van der Waals surface area contributed by atoms with Crippen LogP contribution in [0, 0.1) is 0 Å². The third-order valence-electron chi connectivity index (χ3n) is 5.29.